The minimum absolute atomic E-state index is 0.387. The maximum absolute atomic E-state index is 6.14. The van der Waals surface area contributed by atoms with Crippen molar-refractivity contribution in [1.29, 1.82) is 0 Å². The molecule has 3 heteroatoms. The van der Waals surface area contributed by atoms with Crippen molar-refractivity contribution in [3.63, 3.8) is 0 Å². The molecule has 3 nitrogen and oxygen atoms in total. The van der Waals surface area contributed by atoms with Crippen molar-refractivity contribution < 1.29 is 0 Å². The Labute approximate surface area is 122 Å². The van der Waals surface area contributed by atoms with E-state index in [1.807, 2.05) is 0 Å². The summed E-state index contributed by atoms with van der Waals surface area (Å²) >= 11 is 0. The Morgan fingerprint density at radius 2 is 2.10 bits per heavy atom. The van der Waals surface area contributed by atoms with Gasteiger partial charge in [0, 0.05) is 38.3 Å². The zero-order chi connectivity index (χ0) is 14.1. The van der Waals surface area contributed by atoms with Crippen LogP contribution in [0, 0.1) is 13.8 Å². The molecule has 1 aromatic rings. The SMILES string of the molecule is Cc1ccc(C)c(C(CN)N2CCN3CCCC3C2)c1. The second kappa shape index (κ2) is 5.84. The number of nitrogens with zero attached hydrogens (tertiary/aromatic N) is 2. The number of nitrogens with two attached hydrogens (primary N) is 1. The number of piperazine rings is 1. The molecule has 0 radical (unpaired) electrons. The van der Waals surface area contributed by atoms with E-state index in [9.17, 15) is 0 Å². The predicted molar refractivity (Wildman–Crippen MR) is 83.9 cm³/mol. The molecule has 3 rings (SSSR count). The van der Waals surface area contributed by atoms with Gasteiger partial charge in [0.1, 0.15) is 0 Å². The van der Waals surface area contributed by atoms with Gasteiger partial charge in [-0.25, -0.2) is 0 Å². The Morgan fingerprint density at radius 1 is 1.25 bits per heavy atom. The van der Waals surface area contributed by atoms with Crippen molar-refractivity contribution in [2.75, 3.05) is 32.7 Å². The van der Waals surface area contributed by atoms with Gasteiger partial charge in [0.15, 0.2) is 0 Å². The average Bonchev–Trinajstić information content (AvgIpc) is 2.91. The van der Waals surface area contributed by atoms with Gasteiger partial charge in [-0.3, -0.25) is 9.80 Å². The van der Waals surface area contributed by atoms with Crippen LogP contribution in [0.1, 0.15) is 35.6 Å². The van der Waals surface area contributed by atoms with Crippen LogP contribution in [-0.4, -0.2) is 48.6 Å². The molecule has 2 aliphatic rings. The highest BCUT2D eigenvalue weighted by molar-refractivity contribution is 5.33. The summed E-state index contributed by atoms with van der Waals surface area (Å²) in [6.07, 6.45) is 2.73. The van der Waals surface area contributed by atoms with Gasteiger partial charge in [-0.2, -0.15) is 0 Å². The Balaban J connectivity index is 1.81. The lowest BCUT2D eigenvalue weighted by atomic mass is 9.96. The predicted octanol–water partition coefficient (Wildman–Crippen LogP) is 2.08. The molecule has 2 heterocycles. The summed E-state index contributed by atoms with van der Waals surface area (Å²) in [6, 6.07) is 7.91. The summed E-state index contributed by atoms with van der Waals surface area (Å²) in [4.78, 5) is 5.28. The van der Waals surface area contributed by atoms with E-state index in [4.69, 9.17) is 5.73 Å². The molecule has 2 aliphatic heterocycles. The Hall–Kier alpha value is -0.900. The zero-order valence-electron chi connectivity index (χ0n) is 12.8. The minimum Gasteiger partial charge on any atom is -0.329 e. The summed E-state index contributed by atoms with van der Waals surface area (Å²) in [7, 11) is 0. The molecule has 0 spiro atoms. The van der Waals surface area contributed by atoms with E-state index < -0.39 is 0 Å². The van der Waals surface area contributed by atoms with Crippen molar-refractivity contribution in [3.05, 3.63) is 34.9 Å². The van der Waals surface area contributed by atoms with E-state index in [0.29, 0.717) is 6.04 Å². The van der Waals surface area contributed by atoms with Gasteiger partial charge in [-0.05, 0) is 44.4 Å². The molecule has 20 heavy (non-hydrogen) atoms. The highest BCUT2D eigenvalue weighted by Gasteiger charge is 2.33. The van der Waals surface area contributed by atoms with Gasteiger partial charge in [-0.1, -0.05) is 23.8 Å². The van der Waals surface area contributed by atoms with E-state index in [2.05, 4.69) is 41.8 Å². The maximum Gasteiger partial charge on any atom is 0.0474 e. The summed E-state index contributed by atoms with van der Waals surface area (Å²) < 4.78 is 0. The van der Waals surface area contributed by atoms with E-state index in [1.54, 1.807) is 0 Å². The quantitative estimate of drug-likeness (QED) is 0.915. The van der Waals surface area contributed by atoms with Crippen molar-refractivity contribution in [1.82, 2.24) is 9.80 Å². The van der Waals surface area contributed by atoms with Gasteiger partial charge in [0.25, 0.3) is 0 Å². The van der Waals surface area contributed by atoms with Crippen LogP contribution in [0.5, 0.6) is 0 Å². The fourth-order valence-electron chi connectivity index (χ4n) is 3.89. The van der Waals surface area contributed by atoms with Gasteiger partial charge in [-0.15, -0.1) is 0 Å². The summed E-state index contributed by atoms with van der Waals surface area (Å²) in [5, 5.41) is 0. The third-order valence-electron chi connectivity index (χ3n) is 5.08. The standard InChI is InChI=1S/C17H27N3/c1-13-5-6-14(2)16(10-13)17(11-18)20-9-8-19-7-3-4-15(19)12-20/h5-6,10,15,17H,3-4,7-9,11-12,18H2,1-2H3. The second-order valence-electron chi connectivity index (χ2n) is 6.44. The van der Waals surface area contributed by atoms with Crippen LogP contribution in [0.4, 0.5) is 0 Å². The average molecular weight is 273 g/mol. The molecule has 2 unspecified atom stereocenters. The van der Waals surface area contributed by atoms with E-state index in [-0.39, 0.29) is 0 Å². The van der Waals surface area contributed by atoms with Gasteiger partial charge < -0.3 is 5.73 Å². The van der Waals surface area contributed by atoms with E-state index in [1.165, 1.54) is 49.2 Å². The molecule has 0 aliphatic carbocycles. The zero-order valence-corrected chi connectivity index (χ0v) is 12.8. The number of aryl methyl sites for hydroxylation is 2. The fourth-order valence-corrected chi connectivity index (χ4v) is 3.89. The lowest BCUT2D eigenvalue weighted by Gasteiger charge is -2.42. The first-order valence-corrected chi connectivity index (χ1v) is 7.94. The molecule has 0 bridgehead atoms. The lowest BCUT2D eigenvalue weighted by Crippen LogP contribution is -2.52. The number of fused-ring (bicyclic) bond motifs is 1. The Bertz CT molecular complexity index is 471. The fraction of sp³-hybridized carbons (Fsp3) is 0.647. The summed E-state index contributed by atoms with van der Waals surface area (Å²) in [6.45, 7) is 9.97. The molecular weight excluding hydrogens is 246 g/mol. The van der Waals surface area contributed by atoms with Crippen LogP contribution < -0.4 is 5.73 Å². The molecular formula is C17H27N3. The molecule has 110 valence electrons. The van der Waals surface area contributed by atoms with Gasteiger partial charge in [0.05, 0.1) is 0 Å². The summed E-state index contributed by atoms with van der Waals surface area (Å²) in [5.41, 5.74) is 10.3. The molecule has 2 atom stereocenters. The topological polar surface area (TPSA) is 32.5 Å². The lowest BCUT2D eigenvalue weighted by molar-refractivity contribution is 0.0735. The third-order valence-corrected chi connectivity index (χ3v) is 5.08. The molecule has 2 N–H and O–H groups in total. The van der Waals surface area contributed by atoms with E-state index in [0.717, 1.165) is 19.1 Å². The monoisotopic (exact) mass is 273 g/mol. The van der Waals surface area contributed by atoms with Crippen LogP contribution in [0.2, 0.25) is 0 Å². The molecule has 2 saturated heterocycles. The van der Waals surface area contributed by atoms with Gasteiger partial charge >= 0.3 is 0 Å². The third kappa shape index (κ3) is 2.62. The Kier molecular flexibility index (Phi) is 4.11. The molecule has 2 fully saturated rings. The van der Waals surface area contributed by atoms with Crippen LogP contribution in [0.3, 0.4) is 0 Å². The van der Waals surface area contributed by atoms with Crippen LogP contribution in [-0.2, 0) is 0 Å². The van der Waals surface area contributed by atoms with Crippen LogP contribution in [0.15, 0.2) is 18.2 Å². The first-order chi connectivity index (χ1) is 9.69. The highest BCUT2D eigenvalue weighted by Crippen LogP contribution is 2.29. The van der Waals surface area contributed by atoms with Crippen LogP contribution >= 0.6 is 0 Å². The number of hydrogen-bond donors (Lipinski definition) is 1. The van der Waals surface area contributed by atoms with Crippen molar-refractivity contribution in [2.24, 2.45) is 5.73 Å². The number of benzene rings is 1. The number of hydrogen-bond acceptors (Lipinski definition) is 3. The smallest absolute Gasteiger partial charge is 0.0474 e. The Morgan fingerprint density at radius 3 is 2.90 bits per heavy atom. The molecule has 0 saturated carbocycles. The van der Waals surface area contributed by atoms with E-state index >= 15 is 0 Å². The van der Waals surface area contributed by atoms with Crippen LogP contribution in [0.25, 0.3) is 0 Å². The highest BCUT2D eigenvalue weighted by atomic mass is 15.3. The second-order valence-corrected chi connectivity index (χ2v) is 6.44. The first-order valence-electron chi connectivity index (χ1n) is 7.94. The maximum atomic E-state index is 6.14. The minimum atomic E-state index is 0.387. The van der Waals surface area contributed by atoms with Crippen molar-refractivity contribution in [2.45, 2.75) is 38.8 Å². The number of rotatable bonds is 3. The van der Waals surface area contributed by atoms with Crippen molar-refractivity contribution in [3.8, 4) is 0 Å². The normalized spacial score (nSPS) is 25.6. The molecule has 0 amide bonds. The molecule has 0 aromatic heterocycles. The van der Waals surface area contributed by atoms with Gasteiger partial charge in [0.2, 0.25) is 0 Å². The molecule has 1 aromatic carbocycles. The first kappa shape index (κ1) is 14.1. The largest absolute Gasteiger partial charge is 0.329 e. The summed E-state index contributed by atoms with van der Waals surface area (Å²) in [5.74, 6) is 0. The van der Waals surface area contributed by atoms with Crippen molar-refractivity contribution >= 4 is 0 Å².